The van der Waals surface area contributed by atoms with E-state index in [2.05, 4.69) is 58.8 Å². The lowest BCUT2D eigenvalue weighted by Gasteiger charge is -2.33. The zero-order valence-corrected chi connectivity index (χ0v) is 12.4. The molecule has 0 aliphatic carbocycles. The van der Waals surface area contributed by atoms with Crippen LogP contribution in [0.25, 0.3) is 0 Å². The van der Waals surface area contributed by atoms with Gasteiger partial charge in [-0.15, -0.1) is 0 Å². The molecule has 0 aromatic rings. The van der Waals surface area contributed by atoms with E-state index in [1.807, 2.05) is 0 Å². The van der Waals surface area contributed by atoms with E-state index in [0.29, 0.717) is 6.04 Å². The second-order valence-electron chi connectivity index (χ2n) is 5.95. The van der Waals surface area contributed by atoms with Gasteiger partial charge in [0.2, 0.25) is 0 Å². The highest BCUT2D eigenvalue weighted by atomic mass is 15.2. The molecule has 2 heteroatoms. The highest BCUT2D eigenvalue weighted by Gasteiger charge is 2.17. The Bertz CT molecular complexity index is 168. The van der Waals surface area contributed by atoms with Crippen molar-refractivity contribution in [3.05, 3.63) is 0 Å². The first-order chi connectivity index (χ1) is 7.31. The highest BCUT2D eigenvalue weighted by Crippen LogP contribution is 2.12. The van der Waals surface area contributed by atoms with Crippen LogP contribution in [0.3, 0.4) is 0 Å². The minimum Gasteiger partial charge on any atom is -0.312 e. The monoisotopic (exact) mass is 228 g/mol. The Labute approximate surface area is 103 Å². The molecule has 0 fully saturated rings. The van der Waals surface area contributed by atoms with Crippen LogP contribution in [0.2, 0.25) is 0 Å². The van der Waals surface area contributed by atoms with Crippen LogP contribution in [-0.4, -0.2) is 36.1 Å². The fourth-order valence-electron chi connectivity index (χ4n) is 2.08. The Morgan fingerprint density at radius 1 is 1.12 bits per heavy atom. The summed E-state index contributed by atoms with van der Waals surface area (Å²) in [4.78, 5) is 2.53. The Morgan fingerprint density at radius 2 is 1.62 bits per heavy atom. The highest BCUT2D eigenvalue weighted by molar-refractivity contribution is 4.75. The first-order valence-electron chi connectivity index (χ1n) is 6.78. The first-order valence-corrected chi connectivity index (χ1v) is 6.78. The van der Waals surface area contributed by atoms with Crippen molar-refractivity contribution in [1.29, 1.82) is 0 Å². The molecule has 1 unspecified atom stereocenters. The van der Waals surface area contributed by atoms with Crippen LogP contribution in [0.5, 0.6) is 0 Å². The van der Waals surface area contributed by atoms with Gasteiger partial charge >= 0.3 is 0 Å². The van der Waals surface area contributed by atoms with Crippen molar-refractivity contribution in [2.24, 2.45) is 0 Å². The topological polar surface area (TPSA) is 15.3 Å². The lowest BCUT2D eigenvalue weighted by Crippen LogP contribution is -2.42. The summed E-state index contributed by atoms with van der Waals surface area (Å²) >= 11 is 0. The van der Waals surface area contributed by atoms with Gasteiger partial charge in [-0.1, -0.05) is 13.8 Å². The molecule has 2 nitrogen and oxygen atoms in total. The first kappa shape index (κ1) is 15.9. The third kappa shape index (κ3) is 6.49. The van der Waals surface area contributed by atoms with Crippen LogP contribution < -0.4 is 5.32 Å². The van der Waals surface area contributed by atoms with Gasteiger partial charge in [-0.25, -0.2) is 0 Å². The zero-order chi connectivity index (χ0) is 12.8. The van der Waals surface area contributed by atoms with Gasteiger partial charge in [-0.3, -0.25) is 0 Å². The summed E-state index contributed by atoms with van der Waals surface area (Å²) in [7, 11) is 2.26. The summed E-state index contributed by atoms with van der Waals surface area (Å²) in [6, 6.07) is 1.41. The number of nitrogens with zero attached hydrogens (tertiary/aromatic N) is 1. The van der Waals surface area contributed by atoms with Crippen LogP contribution in [0.15, 0.2) is 0 Å². The largest absolute Gasteiger partial charge is 0.312 e. The van der Waals surface area contributed by atoms with E-state index in [9.17, 15) is 0 Å². The van der Waals surface area contributed by atoms with Crippen LogP contribution in [0.4, 0.5) is 0 Å². The molecule has 0 saturated carbocycles. The molecule has 0 heterocycles. The summed E-state index contributed by atoms with van der Waals surface area (Å²) in [5, 5.41) is 3.56. The van der Waals surface area contributed by atoms with Gasteiger partial charge in [-0.05, 0) is 60.5 Å². The molecule has 0 aliphatic heterocycles. The second kappa shape index (κ2) is 7.29. The molecule has 0 aliphatic rings. The van der Waals surface area contributed by atoms with Crippen molar-refractivity contribution in [2.45, 2.75) is 78.4 Å². The van der Waals surface area contributed by atoms with Crippen LogP contribution in [-0.2, 0) is 0 Å². The Kier molecular flexibility index (Phi) is 7.25. The summed E-state index contributed by atoms with van der Waals surface area (Å²) in [6.45, 7) is 14.7. The summed E-state index contributed by atoms with van der Waals surface area (Å²) in [5.74, 6) is 0. The summed E-state index contributed by atoms with van der Waals surface area (Å²) < 4.78 is 0. The van der Waals surface area contributed by atoms with E-state index in [4.69, 9.17) is 0 Å². The van der Waals surface area contributed by atoms with Crippen molar-refractivity contribution in [3.63, 3.8) is 0 Å². The quantitative estimate of drug-likeness (QED) is 0.719. The van der Waals surface area contributed by atoms with E-state index >= 15 is 0 Å². The third-order valence-corrected chi connectivity index (χ3v) is 3.43. The van der Waals surface area contributed by atoms with Crippen LogP contribution >= 0.6 is 0 Å². The maximum Gasteiger partial charge on any atom is 0.00965 e. The maximum absolute atomic E-state index is 3.56. The van der Waals surface area contributed by atoms with Gasteiger partial charge in [0.15, 0.2) is 0 Å². The Balaban J connectivity index is 3.91. The standard InChI is InChI=1S/C14H32N2/c1-8-13(9-2)16(7)12(3)10-11-15-14(4,5)6/h12-13,15H,8-11H2,1-7H3. The minimum absolute atomic E-state index is 0.243. The molecule has 0 amide bonds. The van der Waals surface area contributed by atoms with Gasteiger partial charge < -0.3 is 10.2 Å². The van der Waals surface area contributed by atoms with E-state index in [1.165, 1.54) is 19.3 Å². The number of rotatable bonds is 7. The smallest absolute Gasteiger partial charge is 0.00965 e. The van der Waals surface area contributed by atoms with Crippen molar-refractivity contribution in [1.82, 2.24) is 10.2 Å². The van der Waals surface area contributed by atoms with Gasteiger partial charge in [0, 0.05) is 17.6 Å². The minimum atomic E-state index is 0.243. The van der Waals surface area contributed by atoms with E-state index in [1.54, 1.807) is 0 Å². The fourth-order valence-corrected chi connectivity index (χ4v) is 2.08. The van der Waals surface area contributed by atoms with Gasteiger partial charge in [0.1, 0.15) is 0 Å². The average molecular weight is 228 g/mol. The molecular formula is C14H32N2. The zero-order valence-electron chi connectivity index (χ0n) is 12.4. The van der Waals surface area contributed by atoms with Crippen molar-refractivity contribution in [2.75, 3.05) is 13.6 Å². The average Bonchev–Trinajstić information content (AvgIpc) is 2.17. The predicted molar refractivity (Wildman–Crippen MR) is 74.0 cm³/mol. The van der Waals surface area contributed by atoms with Crippen LogP contribution in [0.1, 0.15) is 60.8 Å². The molecule has 1 N–H and O–H groups in total. The predicted octanol–water partition coefficient (Wildman–Crippen LogP) is 3.27. The maximum atomic E-state index is 3.56. The van der Waals surface area contributed by atoms with Crippen molar-refractivity contribution < 1.29 is 0 Å². The molecule has 0 aromatic carbocycles. The molecule has 0 spiro atoms. The van der Waals surface area contributed by atoms with Gasteiger partial charge in [0.05, 0.1) is 0 Å². The lowest BCUT2D eigenvalue weighted by atomic mass is 10.1. The summed E-state index contributed by atoms with van der Waals surface area (Å²) in [6.07, 6.45) is 3.73. The summed E-state index contributed by atoms with van der Waals surface area (Å²) in [5.41, 5.74) is 0.243. The number of hydrogen-bond acceptors (Lipinski definition) is 2. The van der Waals surface area contributed by atoms with E-state index in [0.717, 1.165) is 12.6 Å². The SMILES string of the molecule is CCC(CC)N(C)C(C)CCNC(C)(C)C. The molecule has 0 rings (SSSR count). The van der Waals surface area contributed by atoms with Gasteiger partial charge in [0.25, 0.3) is 0 Å². The van der Waals surface area contributed by atoms with Crippen LogP contribution in [0, 0.1) is 0 Å². The molecule has 0 saturated heterocycles. The van der Waals surface area contributed by atoms with Crippen molar-refractivity contribution in [3.8, 4) is 0 Å². The van der Waals surface area contributed by atoms with E-state index < -0.39 is 0 Å². The molecular weight excluding hydrogens is 196 g/mol. The molecule has 0 aromatic heterocycles. The fraction of sp³-hybridized carbons (Fsp3) is 1.00. The third-order valence-electron chi connectivity index (χ3n) is 3.43. The van der Waals surface area contributed by atoms with Crippen molar-refractivity contribution >= 4 is 0 Å². The Morgan fingerprint density at radius 3 is 2.00 bits per heavy atom. The second-order valence-corrected chi connectivity index (χ2v) is 5.95. The molecule has 1 atom stereocenters. The Hall–Kier alpha value is -0.0800. The normalized spacial score (nSPS) is 14.8. The van der Waals surface area contributed by atoms with E-state index in [-0.39, 0.29) is 5.54 Å². The van der Waals surface area contributed by atoms with Gasteiger partial charge in [-0.2, -0.15) is 0 Å². The number of nitrogens with one attached hydrogen (secondary N) is 1. The number of hydrogen-bond donors (Lipinski definition) is 1. The molecule has 0 radical (unpaired) electrons. The lowest BCUT2D eigenvalue weighted by molar-refractivity contribution is 0.164. The molecule has 16 heavy (non-hydrogen) atoms. The molecule has 98 valence electrons. The molecule has 0 bridgehead atoms.